The first kappa shape index (κ1) is 16.6. The van der Waals surface area contributed by atoms with E-state index in [0.717, 1.165) is 35.5 Å². The van der Waals surface area contributed by atoms with Gasteiger partial charge in [0.15, 0.2) is 0 Å². The van der Waals surface area contributed by atoms with Crippen LogP contribution in [0.3, 0.4) is 0 Å². The third-order valence-electron chi connectivity index (χ3n) is 4.52. The molecular formula is C17H28ClN3. The Hall–Kier alpha value is -0.800. The Morgan fingerprint density at radius 3 is 2.71 bits per heavy atom. The van der Waals surface area contributed by atoms with Crippen molar-refractivity contribution in [3.63, 3.8) is 0 Å². The first-order chi connectivity index (χ1) is 9.91. The van der Waals surface area contributed by atoms with E-state index >= 15 is 0 Å². The van der Waals surface area contributed by atoms with Crippen LogP contribution in [0.4, 0.5) is 5.82 Å². The molecule has 0 spiro atoms. The summed E-state index contributed by atoms with van der Waals surface area (Å²) in [4.78, 5) is 7.16. The fourth-order valence-electron chi connectivity index (χ4n) is 3.13. The molecule has 1 aromatic rings. The second-order valence-electron chi connectivity index (χ2n) is 7.11. The molecule has 1 fully saturated rings. The molecule has 0 amide bonds. The minimum atomic E-state index is 0.403. The summed E-state index contributed by atoms with van der Waals surface area (Å²) in [6, 6.07) is 4.03. The van der Waals surface area contributed by atoms with E-state index in [0.29, 0.717) is 12.0 Å². The number of hydrogen-bond acceptors (Lipinski definition) is 3. The van der Waals surface area contributed by atoms with E-state index in [1.807, 2.05) is 13.1 Å². The Balaban J connectivity index is 2.10. The smallest absolute Gasteiger partial charge is 0.128 e. The number of nitrogens with zero attached hydrogens (tertiary/aromatic N) is 2. The summed E-state index contributed by atoms with van der Waals surface area (Å²) >= 11 is 6.21. The monoisotopic (exact) mass is 309 g/mol. The summed E-state index contributed by atoms with van der Waals surface area (Å²) in [7, 11) is 1.92. The molecule has 2 heterocycles. The van der Waals surface area contributed by atoms with Crippen LogP contribution in [-0.2, 0) is 6.54 Å². The van der Waals surface area contributed by atoms with Gasteiger partial charge in [-0.2, -0.15) is 0 Å². The van der Waals surface area contributed by atoms with E-state index in [4.69, 9.17) is 16.6 Å². The first-order valence-corrected chi connectivity index (χ1v) is 8.34. The zero-order valence-electron chi connectivity index (χ0n) is 13.7. The van der Waals surface area contributed by atoms with E-state index in [9.17, 15) is 0 Å². The summed E-state index contributed by atoms with van der Waals surface area (Å²) in [5.74, 6) is 1.87. The van der Waals surface area contributed by atoms with Gasteiger partial charge in [-0.15, -0.1) is 0 Å². The van der Waals surface area contributed by atoms with Gasteiger partial charge in [0.2, 0.25) is 0 Å². The molecule has 3 nitrogen and oxygen atoms in total. The van der Waals surface area contributed by atoms with E-state index in [-0.39, 0.29) is 0 Å². The lowest BCUT2D eigenvalue weighted by Crippen LogP contribution is -2.27. The van der Waals surface area contributed by atoms with Crippen molar-refractivity contribution in [2.24, 2.45) is 11.3 Å². The lowest BCUT2D eigenvalue weighted by atomic mass is 9.77. The highest BCUT2D eigenvalue weighted by molar-refractivity contribution is 6.31. The highest BCUT2D eigenvalue weighted by Crippen LogP contribution is 2.35. The third kappa shape index (κ3) is 4.33. The van der Waals surface area contributed by atoms with Crippen LogP contribution in [-0.4, -0.2) is 25.1 Å². The van der Waals surface area contributed by atoms with Gasteiger partial charge in [-0.3, -0.25) is 0 Å². The normalized spacial score (nSPS) is 20.4. The Labute approximate surface area is 134 Å². The van der Waals surface area contributed by atoms with Crippen LogP contribution in [0, 0.1) is 11.3 Å². The molecule has 1 atom stereocenters. The van der Waals surface area contributed by atoms with Crippen molar-refractivity contribution in [3.8, 4) is 0 Å². The minimum absolute atomic E-state index is 0.403. The molecule has 0 radical (unpaired) electrons. The van der Waals surface area contributed by atoms with Gasteiger partial charge in [0.05, 0.1) is 10.7 Å². The number of pyridine rings is 1. The predicted molar refractivity (Wildman–Crippen MR) is 91.0 cm³/mol. The Kier molecular flexibility index (Phi) is 5.50. The Morgan fingerprint density at radius 1 is 1.29 bits per heavy atom. The van der Waals surface area contributed by atoms with Crippen LogP contribution in [0.25, 0.3) is 0 Å². The maximum Gasteiger partial charge on any atom is 0.128 e. The number of anilines is 1. The quantitative estimate of drug-likeness (QED) is 0.911. The van der Waals surface area contributed by atoms with Crippen molar-refractivity contribution >= 4 is 17.4 Å². The molecule has 118 valence electrons. The van der Waals surface area contributed by atoms with Gasteiger partial charge in [-0.1, -0.05) is 32.4 Å². The molecule has 1 aliphatic rings. The lowest BCUT2D eigenvalue weighted by Gasteiger charge is -2.30. The average molecular weight is 310 g/mol. The topological polar surface area (TPSA) is 28.2 Å². The molecule has 0 saturated carbocycles. The van der Waals surface area contributed by atoms with E-state index in [2.05, 4.69) is 37.1 Å². The van der Waals surface area contributed by atoms with E-state index in [1.54, 1.807) is 0 Å². The molecule has 1 aliphatic heterocycles. The average Bonchev–Trinajstić information content (AvgIpc) is 2.67. The summed E-state index contributed by atoms with van der Waals surface area (Å²) in [6.45, 7) is 9.98. The molecule has 0 aromatic carbocycles. The van der Waals surface area contributed by atoms with Gasteiger partial charge in [-0.25, -0.2) is 4.98 Å². The van der Waals surface area contributed by atoms with Gasteiger partial charge >= 0.3 is 0 Å². The molecule has 1 saturated heterocycles. The molecule has 2 rings (SSSR count). The Morgan fingerprint density at radius 2 is 2.05 bits per heavy atom. The maximum atomic E-state index is 6.21. The van der Waals surface area contributed by atoms with Gasteiger partial charge in [0.25, 0.3) is 0 Å². The Bertz CT molecular complexity index is 468. The second-order valence-corrected chi connectivity index (χ2v) is 7.52. The van der Waals surface area contributed by atoms with Crippen molar-refractivity contribution in [3.05, 3.63) is 22.8 Å². The summed E-state index contributed by atoms with van der Waals surface area (Å²) < 4.78 is 0. The van der Waals surface area contributed by atoms with Crippen LogP contribution in [0.15, 0.2) is 12.1 Å². The van der Waals surface area contributed by atoms with Crippen LogP contribution in [0.1, 0.15) is 45.7 Å². The molecule has 0 aliphatic carbocycles. The number of hydrogen-bond donors (Lipinski definition) is 1. The highest BCUT2D eigenvalue weighted by Gasteiger charge is 2.27. The van der Waals surface area contributed by atoms with Gasteiger partial charge in [0, 0.05) is 19.6 Å². The predicted octanol–water partition coefficient (Wildman–Crippen LogP) is 4.11. The molecule has 1 unspecified atom stereocenters. The van der Waals surface area contributed by atoms with Crippen molar-refractivity contribution < 1.29 is 0 Å². The number of halogens is 1. The highest BCUT2D eigenvalue weighted by atomic mass is 35.5. The number of nitrogens with one attached hydrogen (secondary N) is 1. The molecule has 0 bridgehead atoms. The molecule has 1 N–H and O–H groups in total. The van der Waals surface area contributed by atoms with Crippen LogP contribution < -0.4 is 10.2 Å². The van der Waals surface area contributed by atoms with Crippen molar-refractivity contribution in [2.45, 2.75) is 46.6 Å². The van der Waals surface area contributed by atoms with Crippen LogP contribution in [0.5, 0.6) is 0 Å². The molecule has 4 heteroatoms. The fourth-order valence-corrected chi connectivity index (χ4v) is 3.30. The van der Waals surface area contributed by atoms with Gasteiger partial charge < -0.3 is 10.2 Å². The maximum absolute atomic E-state index is 6.21. The largest absolute Gasteiger partial charge is 0.357 e. The summed E-state index contributed by atoms with van der Waals surface area (Å²) in [6.07, 6.45) is 3.81. The zero-order valence-corrected chi connectivity index (χ0v) is 14.5. The zero-order chi connectivity index (χ0) is 15.5. The molecule has 21 heavy (non-hydrogen) atoms. The molecule has 1 aromatic heterocycles. The summed E-state index contributed by atoms with van der Waals surface area (Å²) in [5, 5.41) is 3.87. The number of aromatic nitrogens is 1. The van der Waals surface area contributed by atoms with Gasteiger partial charge in [-0.05, 0) is 49.8 Å². The number of rotatable bonds is 3. The van der Waals surface area contributed by atoms with Crippen molar-refractivity contribution in [1.29, 1.82) is 0 Å². The molecular weight excluding hydrogens is 282 g/mol. The van der Waals surface area contributed by atoms with E-state index in [1.165, 1.54) is 19.3 Å². The SMILES string of the molecule is CNCc1nc(N2CCCC(C(C)(C)C)CC2)ccc1Cl. The van der Waals surface area contributed by atoms with Crippen molar-refractivity contribution in [2.75, 3.05) is 25.0 Å². The van der Waals surface area contributed by atoms with Crippen LogP contribution in [0.2, 0.25) is 5.02 Å². The standard InChI is InChI=1S/C17H28ClN3/c1-17(2,3)13-6-5-10-21(11-9-13)16-8-7-14(18)15(20-16)12-19-4/h7-8,13,19H,5-6,9-12H2,1-4H3. The fraction of sp³-hybridized carbons (Fsp3) is 0.706. The first-order valence-electron chi connectivity index (χ1n) is 7.97. The minimum Gasteiger partial charge on any atom is -0.357 e. The second kappa shape index (κ2) is 6.97. The third-order valence-corrected chi connectivity index (χ3v) is 4.87. The summed E-state index contributed by atoms with van der Waals surface area (Å²) in [5.41, 5.74) is 1.34. The van der Waals surface area contributed by atoms with E-state index < -0.39 is 0 Å². The lowest BCUT2D eigenvalue weighted by molar-refractivity contribution is 0.220. The van der Waals surface area contributed by atoms with Crippen LogP contribution >= 0.6 is 11.6 Å². The van der Waals surface area contributed by atoms with Gasteiger partial charge in [0.1, 0.15) is 5.82 Å². The van der Waals surface area contributed by atoms with Crippen molar-refractivity contribution in [1.82, 2.24) is 10.3 Å².